The third-order valence-corrected chi connectivity index (χ3v) is 3.62. The van der Waals surface area contributed by atoms with Crippen LogP contribution < -0.4 is 5.32 Å². The molecule has 4 nitrogen and oxygen atoms in total. The van der Waals surface area contributed by atoms with Crippen LogP contribution in [0.1, 0.15) is 11.1 Å². The summed E-state index contributed by atoms with van der Waals surface area (Å²) in [5.74, 6) is 0. The minimum atomic E-state index is -0.119. The summed E-state index contributed by atoms with van der Waals surface area (Å²) in [5, 5.41) is 2.93. The summed E-state index contributed by atoms with van der Waals surface area (Å²) in [6.45, 7) is 2.54. The summed E-state index contributed by atoms with van der Waals surface area (Å²) in [6, 6.07) is 9.63. The predicted octanol–water partition coefficient (Wildman–Crippen LogP) is 3.66. The second kappa shape index (κ2) is 6.69. The molecule has 1 N–H and O–H groups in total. The van der Waals surface area contributed by atoms with Gasteiger partial charge in [0.1, 0.15) is 0 Å². The zero-order valence-corrected chi connectivity index (χ0v) is 13.6. The number of carbonyl (C=O) groups excluding carboxylic acids is 1. The van der Waals surface area contributed by atoms with Crippen LogP contribution in [-0.2, 0) is 6.54 Å². The van der Waals surface area contributed by atoms with Crippen molar-refractivity contribution in [2.75, 3.05) is 12.4 Å². The molecular weight excluding hydrogens is 365 g/mol. The zero-order chi connectivity index (χ0) is 14.5. The lowest BCUT2D eigenvalue weighted by atomic mass is 10.2. The standard InChI is InChI=1S/C15H16IN3O/c1-11-9-13(16)3-4-14(11)18-15(20)19(2)10-12-5-7-17-8-6-12/h3-9H,10H2,1-2H3,(H,18,20). The Bertz CT molecular complexity index is 601. The number of halogens is 1. The van der Waals surface area contributed by atoms with Crippen molar-refractivity contribution in [3.63, 3.8) is 0 Å². The molecule has 0 aliphatic heterocycles. The number of amides is 2. The summed E-state index contributed by atoms with van der Waals surface area (Å²) in [4.78, 5) is 17.8. The summed E-state index contributed by atoms with van der Waals surface area (Å²) in [5.41, 5.74) is 2.96. The number of pyridine rings is 1. The molecule has 104 valence electrons. The van der Waals surface area contributed by atoms with Gasteiger partial charge in [-0.2, -0.15) is 0 Å². The van der Waals surface area contributed by atoms with E-state index in [0.29, 0.717) is 6.54 Å². The van der Waals surface area contributed by atoms with E-state index in [1.54, 1.807) is 24.3 Å². The fraction of sp³-hybridized carbons (Fsp3) is 0.200. The van der Waals surface area contributed by atoms with E-state index in [4.69, 9.17) is 0 Å². The largest absolute Gasteiger partial charge is 0.323 e. The number of rotatable bonds is 3. The number of hydrogen-bond acceptors (Lipinski definition) is 2. The Kier molecular flexibility index (Phi) is 4.94. The second-order valence-electron chi connectivity index (χ2n) is 4.60. The molecule has 0 saturated carbocycles. The average Bonchev–Trinajstić information content (AvgIpc) is 2.43. The van der Waals surface area contributed by atoms with Crippen molar-refractivity contribution >= 4 is 34.3 Å². The van der Waals surface area contributed by atoms with Gasteiger partial charge in [0.2, 0.25) is 0 Å². The lowest BCUT2D eigenvalue weighted by Crippen LogP contribution is -2.31. The summed E-state index contributed by atoms with van der Waals surface area (Å²) in [7, 11) is 1.78. The number of nitrogens with zero attached hydrogens (tertiary/aromatic N) is 2. The van der Waals surface area contributed by atoms with Crippen molar-refractivity contribution in [1.82, 2.24) is 9.88 Å². The molecule has 0 unspecified atom stereocenters. The van der Waals surface area contributed by atoms with E-state index in [2.05, 4.69) is 32.9 Å². The van der Waals surface area contributed by atoms with Crippen molar-refractivity contribution in [2.45, 2.75) is 13.5 Å². The van der Waals surface area contributed by atoms with Gasteiger partial charge in [-0.05, 0) is 71.0 Å². The molecule has 5 heteroatoms. The first-order valence-corrected chi connectivity index (χ1v) is 7.31. The quantitative estimate of drug-likeness (QED) is 0.825. The molecule has 0 saturated heterocycles. The van der Waals surface area contributed by atoms with Gasteiger partial charge in [-0.15, -0.1) is 0 Å². The molecule has 2 rings (SSSR count). The molecule has 20 heavy (non-hydrogen) atoms. The molecule has 0 radical (unpaired) electrons. The third kappa shape index (κ3) is 3.93. The highest BCUT2D eigenvalue weighted by Crippen LogP contribution is 2.18. The van der Waals surface area contributed by atoms with Crippen LogP contribution in [0.15, 0.2) is 42.7 Å². The highest BCUT2D eigenvalue weighted by atomic mass is 127. The number of aryl methyl sites for hydroxylation is 1. The Morgan fingerprint density at radius 2 is 2.00 bits per heavy atom. The maximum Gasteiger partial charge on any atom is 0.321 e. The SMILES string of the molecule is Cc1cc(I)ccc1NC(=O)N(C)Cc1ccncc1. The van der Waals surface area contributed by atoms with Crippen LogP contribution in [-0.4, -0.2) is 23.0 Å². The van der Waals surface area contributed by atoms with Gasteiger partial charge in [0.25, 0.3) is 0 Å². The smallest absolute Gasteiger partial charge is 0.321 e. The minimum absolute atomic E-state index is 0.119. The van der Waals surface area contributed by atoms with Crippen LogP contribution in [0.4, 0.5) is 10.5 Å². The zero-order valence-electron chi connectivity index (χ0n) is 11.4. The first kappa shape index (κ1) is 14.8. The van der Waals surface area contributed by atoms with E-state index in [-0.39, 0.29) is 6.03 Å². The Labute approximate surface area is 132 Å². The van der Waals surface area contributed by atoms with Gasteiger partial charge in [0.15, 0.2) is 0 Å². The molecular formula is C15H16IN3O. The number of anilines is 1. The lowest BCUT2D eigenvalue weighted by Gasteiger charge is -2.19. The van der Waals surface area contributed by atoms with Crippen molar-refractivity contribution in [2.24, 2.45) is 0 Å². The number of aromatic nitrogens is 1. The highest BCUT2D eigenvalue weighted by Gasteiger charge is 2.10. The maximum atomic E-state index is 12.2. The van der Waals surface area contributed by atoms with E-state index in [0.717, 1.165) is 20.4 Å². The molecule has 0 spiro atoms. The van der Waals surface area contributed by atoms with Crippen LogP contribution in [0.2, 0.25) is 0 Å². The predicted molar refractivity (Wildman–Crippen MR) is 88.6 cm³/mol. The molecule has 0 bridgehead atoms. The topological polar surface area (TPSA) is 45.2 Å². The Balaban J connectivity index is 2.01. The molecule has 0 fully saturated rings. The molecule has 2 amide bonds. The average molecular weight is 381 g/mol. The molecule has 2 aromatic rings. The fourth-order valence-electron chi connectivity index (χ4n) is 1.81. The van der Waals surface area contributed by atoms with E-state index in [1.165, 1.54) is 0 Å². The monoisotopic (exact) mass is 381 g/mol. The first-order chi connectivity index (χ1) is 9.56. The van der Waals surface area contributed by atoms with Gasteiger partial charge >= 0.3 is 6.03 Å². The lowest BCUT2D eigenvalue weighted by molar-refractivity contribution is 0.220. The van der Waals surface area contributed by atoms with Gasteiger partial charge in [-0.3, -0.25) is 4.98 Å². The molecule has 0 atom stereocenters. The summed E-state index contributed by atoms with van der Waals surface area (Å²) >= 11 is 2.26. The minimum Gasteiger partial charge on any atom is -0.323 e. The van der Waals surface area contributed by atoms with Crippen molar-refractivity contribution in [3.8, 4) is 0 Å². The van der Waals surface area contributed by atoms with Crippen LogP contribution in [0.3, 0.4) is 0 Å². The summed E-state index contributed by atoms with van der Waals surface area (Å²) in [6.07, 6.45) is 3.45. The second-order valence-corrected chi connectivity index (χ2v) is 5.85. The molecule has 0 aliphatic rings. The van der Waals surface area contributed by atoms with Crippen LogP contribution >= 0.6 is 22.6 Å². The fourth-order valence-corrected chi connectivity index (χ4v) is 2.46. The Hall–Kier alpha value is -1.63. The summed E-state index contributed by atoms with van der Waals surface area (Å²) < 4.78 is 1.16. The van der Waals surface area contributed by atoms with Gasteiger partial charge in [-0.25, -0.2) is 4.79 Å². The van der Waals surface area contributed by atoms with Crippen LogP contribution in [0.25, 0.3) is 0 Å². The van der Waals surface area contributed by atoms with Gasteiger partial charge in [-0.1, -0.05) is 0 Å². The van der Waals surface area contributed by atoms with E-state index in [9.17, 15) is 4.79 Å². The van der Waals surface area contributed by atoms with E-state index in [1.807, 2.05) is 37.3 Å². The molecule has 1 aromatic heterocycles. The van der Waals surface area contributed by atoms with E-state index < -0.39 is 0 Å². The maximum absolute atomic E-state index is 12.2. The van der Waals surface area contributed by atoms with Crippen LogP contribution in [0, 0.1) is 10.5 Å². The van der Waals surface area contributed by atoms with Gasteiger partial charge in [0, 0.05) is 35.2 Å². The van der Waals surface area contributed by atoms with Crippen molar-refractivity contribution in [3.05, 3.63) is 57.4 Å². The number of hydrogen-bond donors (Lipinski definition) is 1. The highest BCUT2D eigenvalue weighted by molar-refractivity contribution is 14.1. The van der Waals surface area contributed by atoms with E-state index >= 15 is 0 Å². The Morgan fingerprint density at radius 1 is 1.30 bits per heavy atom. The van der Waals surface area contributed by atoms with Crippen LogP contribution in [0.5, 0.6) is 0 Å². The number of benzene rings is 1. The van der Waals surface area contributed by atoms with Crippen molar-refractivity contribution in [1.29, 1.82) is 0 Å². The first-order valence-electron chi connectivity index (χ1n) is 6.23. The normalized spacial score (nSPS) is 10.2. The van der Waals surface area contributed by atoms with Gasteiger partial charge < -0.3 is 10.2 Å². The van der Waals surface area contributed by atoms with Gasteiger partial charge in [0.05, 0.1) is 0 Å². The molecule has 1 heterocycles. The molecule has 1 aromatic carbocycles. The number of urea groups is 1. The third-order valence-electron chi connectivity index (χ3n) is 2.95. The number of nitrogens with one attached hydrogen (secondary N) is 1. The van der Waals surface area contributed by atoms with Crippen molar-refractivity contribution < 1.29 is 4.79 Å². The number of carbonyl (C=O) groups is 1. The Morgan fingerprint density at radius 3 is 2.65 bits per heavy atom. The molecule has 0 aliphatic carbocycles.